The van der Waals surface area contributed by atoms with Gasteiger partial charge in [-0.2, -0.15) is 4.31 Å². The zero-order chi connectivity index (χ0) is 20.0. The minimum absolute atomic E-state index is 0.306. The van der Waals surface area contributed by atoms with Gasteiger partial charge in [-0.1, -0.05) is 44.2 Å². The van der Waals surface area contributed by atoms with Crippen molar-refractivity contribution in [2.45, 2.75) is 25.3 Å². The molecular weight excluding hydrogens is 374 g/mol. The monoisotopic (exact) mass is 403 g/mol. The Morgan fingerprint density at radius 3 is 2.39 bits per heavy atom. The molecule has 2 aromatic rings. The Morgan fingerprint density at radius 2 is 1.71 bits per heavy atom. The first-order chi connectivity index (χ1) is 13.5. The first-order valence-electron chi connectivity index (χ1n) is 9.70. The summed E-state index contributed by atoms with van der Waals surface area (Å²) in [5, 5.41) is 6.81. The van der Waals surface area contributed by atoms with Crippen molar-refractivity contribution in [1.82, 2.24) is 4.31 Å². The van der Waals surface area contributed by atoms with Crippen molar-refractivity contribution in [3.8, 4) is 0 Å². The van der Waals surface area contributed by atoms with Gasteiger partial charge in [-0.3, -0.25) is 0 Å². The topological polar surface area (TPSA) is 70.7 Å². The molecule has 0 amide bonds. The lowest BCUT2D eigenvalue weighted by molar-refractivity contribution is 0.0730. The standard InChI is InChI=1S/C21H29N3O3S/c1-17(2)15-22-20-9-8-19(28(25,26)24-10-12-27-13-11-24)14-21(20)23-16-18-6-4-3-5-7-18/h3-9,14,17,22-23H,10-13,15-16H2,1-2H3. The second-order valence-electron chi connectivity index (χ2n) is 7.34. The van der Waals surface area contributed by atoms with E-state index in [-0.39, 0.29) is 0 Å². The van der Waals surface area contributed by atoms with Crippen molar-refractivity contribution in [2.24, 2.45) is 5.92 Å². The summed E-state index contributed by atoms with van der Waals surface area (Å²) in [4.78, 5) is 0.306. The number of nitrogens with one attached hydrogen (secondary N) is 2. The van der Waals surface area contributed by atoms with E-state index in [9.17, 15) is 8.42 Å². The fraction of sp³-hybridized carbons (Fsp3) is 0.429. The molecule has 0 bridgehead atoms. The van der Waals surface area contributed by atoms with Crippen LogP contribution in [0.2, 0.25) is 0 Å². The van der Waals surface area contributed by atoms with Crippen molar-refractivity contribution in [2.75, 3.05) is 43.5 Å². The average molecular weight is 404 g/mol. The van der Waals surface area contributed by atoms with Crippen LogP contribution in [0.25, 0.3) is 0 Å². The summed E-state index contributed by atoms with van der Waals surface area (Å²) in [6.07, 6.45) is 0. The van der Waals surface area contributed by atoms with Crippen LogP contribution >= 0.6 is 0 Å². The highest BCUT2D eigenvalue weighted by Crippen LogP contribution is 2.28. The Bertz CT molecular complexity index is 864. The highest BCUT2D eigenvalue weighted by Gasteiger charge is 2.27. The molecule has 1 heterocycles. The molecule has 152 valence electrons. The number of anilines is 2. The molecule has 2 aromatic carbocycles. The Labute approximate surface area is 168 Å². The lowest BCUT2D eigenvalue weighted by Gasteiger charge is -2.26. The van der Waals surface area contributed by atoms with Crippen LogP contribution in [0.5, 0.6) is 0 Å². The number of hydrogen-bond donors (Lipinski definition) is 2. The molecule has 0 spiro atoms. The summed E-state index contributed by atoms with van der Waals surface area (Å²) in [6, 6.07) is 15.3. The molecule has 7 heteroatoms. The van der Waals surface area contributed by atoms with Crippen molar-refractivity contribution < 1.29 is 13.2 Å². The summed E-state index contributed by atoms with van der Waals surface area (Å²) in [5.41, 5.74) is 2.84. The van der Waals surface area contributed by atoms with E-state index >= 15 is 0 Å². The third kappa shape index (κ3) is 5.25. The molecule has 1 fully saturated rings. The summed E-state index contributed by atoms with van der Waals surface area (Å²) >= 11 is 0. The van der Waals surface area contributed by atoms with Crippen LogP contribution in [0.1, 0.15) is 19.4 Å². The normalized spacial score (nSPS) is 15.5. The van der Waals surface area contributed by atoms with E-state index in [2.05, 4.69) is 24.5 Å². The maximum Gasteiger partial charge on any atom is 0.243 e. The van der Waals surface area contributed by atoms with Gasteiger partial charge in [0.1, 0.15) is 0 Å². The largest absolute Gasteiger partial charge is 0.383 e. The molecule has 0 unspecified atom stereocenters. The third-order valence-electron chi connectivity index (χ3n) is 4.63. The molecule has 28 heavy (non-hydrogen) atoms. The zero-order valence-electron chi connectivity index (χ0n) is 16.5. The minimum Gasteiger partial charge on any atom is -0.383 e. The fourth-order valence-electron chi connectivity index (χ4n) is 3.03. The first-order valence-corrected chi connectivity index (χ1v) is 11.1. The van der Waals surface area contributed by atoms with Gasteiger partial charge in [0.25, 0.3) is 0 Å². The summed E-state index contributed by atoms with van der Waals surface area (Å²) in [5.74, 6) is 0.485. The van der Waals surface area contributed by atoms with E-state index in [1.165, 1.54) is 4.31 Å². The third-order valence-corrected chi connectivity index (χ3v) is 6.52. The molecule has 0 radical (unpaired) electrons. The van der Waals surface area contributed by atoms with E-state index in [1.807, 2.05) is 36.4 Å². The van der Waals surface area contributed by atoms with E-state index in [4.69, 9.17) is 4.74 Å². The molecule has 1 saturated heterocycles. The molecule has 0 aromatic heterocycles. The summed E-state index contributed by atoms with van der Waals surface area (Å²) in [7, 11) is -3.53. The molecule has 0 saturated carbocycles. The smallest absolute Gasteiger partial charge is 0.243 e. The van der Waals surface area contributed by atoms with Gasteiger partial charge in [0, 0.05) is 26.2 Å². The van der Waals surface area contributed by atoms with Crippen LogP contribution in [-0.2, 0) is 21.3 Å². The molecule has 6 nitrogen and oxygen atoms in total. The van der Waals surface area contributed by atoms with Crippen LogP contribution < -0.4 is 10.6 Å². The predicted octanol–water partition coefficient (Wildman–Crippen LogP) is 3.39. The Kier molecular flexibility index (Phi) is 6.93. The maximum absolute atomic E-state index is 13.0. The quantitative estimate of drug-likeness (QED) is 0.707. The fourth-order valence-corrected chi connectivity index (χ4v) is 4.46. The lowest BCUT2D eigenvalue weighted by Crippen LogP contribution is -2.40. The van der Waals surface area contributed by atoms with E-state index in [1.54, 1.807) is 12.1 Å². The van der Waals surface area contributed by atoms with E-state index < -0.39 is 10.0 Å². The van der Waals surface area contributed by atoms with Gasteiger partial charge in [-0.25, -0.2) is 8.42 Å². The predicted molar refractivity (Wildman–Crippen MR) is 113 cm³/mol. The Hall–Kier alpha value is -2.09. The SMILES string of the molecule is CC(C)CNc1ccc(S(=O)(=O)N2CCOCC2)cc1NCc1ccccc1. The van der Waals surface area contributed by atoms with E-state index in [0.717, 1.165) is 23.5 Å². The molecule has 3 rings (SSSR count). The van der Waals surface area contributed by atoms with Crippen molar-refractivity contribution in [3.63, 3.8) is 0 Å². The van der Waals surface area contributed by atoms with Crippen molar-refractivity contribution >= 4 is 21.4 Å². The van der Waals surface area contributed by atoms with Gasteiger partial charge in [-0.05, 0) is 29.7 Å². The number of morpholine rings is 1. The van der Waals surface area contributed by atoms with Crippen molar-refractivity contribution in [3.05, 3.63) is 54.1 Å². The molecule has 1 aliphatic rings. The number of ether oxygens (including phenoxy) is 1. The molecule has 0 atom stereocenters. The zero-order valence-corrected chi connectivity index (χ0v) is 17.3. The van der Waals surface area contributed by atoms with Gasteiger partial charge in [0.15, 0.2) is 0 Å². The van der Waals surface area contributed by atoms with Crippen LogP contribution in [0.3, 0.4) is 0 Å². The summed E-state index contributed by atoms with van der Waals surface area (Å²) < 4.78 is 32.8. The first kappa shape index (κ1) is 20.6. The Balaban J connectivity index is 1.85. The van der Waals surface area contributed by atoms with Gasteiger partial charge in [0.05, 0.1) is 29.5 Å². The van der Waals surface area contributed by atoms with Crippen LogP contribution in [0.15, 0.2) is 53.4 Å². The maximum atomic E-state index is 13.0. The lowest BCUT2D eigenvalue weighted by atomic mass is 10.2. The average Bonchev–Trinajstić information content (AvgIpc) is 2.72. The highest BCUT2D eigenvalue weighted by atomic mass is 32.2. The molecule has 0 aliphatic carbocycles. The molecule has 2 N–H and O–H groups in total. The second kappa shape index (κ2) is 9.41. The Morgan fingerprint density at radius 1 is 1.00 bits per heavy atom. The van der Waals surface area contributed by atoms with Crippen LogP contribution in [0.4, 0.5) is 11.4 Å². The van der Waals surface area contributed by atoms with Gasteiger partial charge in [0.2, 0.25) is 10.0 Å². The number of rotatable bonds is 8. The van der Waals surface area contributed by atoms with Crippen LogP contribution in [0, 0.1) is 5.92 Å². The molecular formula is C21H29N3O3S. The van der Waals surface area contributed by atoms with Crippen LogP contribution in [-0.4, -0.2) is 45.6 Å². The molecule has 1 aliphatic heterocycles. The van der Waals surface area contributed by atoms with Crippen molar-refractivity contribution in [1.29, 1.82) is 0 Å². The highest BCUT2D eigenvalue weighted by molar-refractivity contribution is 7.89. The minimum atomic E-state index is -3.53. The van der Waals surface area contributed by atoms with Gasteiger partial charge >= 0.3 is 0 Å². The van der Waals surface area contributed by atoms with E-state index in [0.29, 0.717) is 43.7 Å². The van der Waals surface area contributed by atoms with Gasteiger partial charge < -0.3 is 15.4 Å². The number of benzene rings is 2. The number of nitrogens with zero attached hydrogens (tertiary/aromatic N) is 1. The summed E-state index contributed by atoms with van der Waals surface area (Å²) in [6.45, 7) is 7.38. The number of hydrogen-bond acceptors (Lipinski definition) is 5. The van der Waals surface area contributed by atoms with Gasteiger partial charge in [-0.15, -0.1) is 0 Å². The second-order valence-corrected chi connectivity index (χ2v) is 9.28. The number of sulfonamides is 1.